The first-order chi connectivity index (χ1) is 14.5. The number of amides is 1. The first-order valence-corrected chi connectivity index (χ1v) is 10.0. The number of nitrogens with one attached hydrogen (secondary N) is 1. The summed E-state index contributed by atoms with van der Waals surface area (Å²) in [5, 5.41) is 14.1. The molecule has 0 saturated heterocycles. The molecule has 0 atom stereocenters. The molecule has 1 aliphatic carbocycles. The second-order valence-corrected chi connectivity index (χ2v) is 7.67. The summed E-state index contributed by atoms with van der Waals surface area (Å²) in [7, 11) is 1.44. The van der Waals surface area contributed by atoms with Crippen LogP contribution >= 0.6 is 0 Å². The van der Waals surface area contributed by atoms with Crippen molar-refractivity contribution in [3.05, 3.63) is 57.6 Å². The van der Waals surface area contributed by atoms with Crippen molar-refractivity contribution in [1.29, 1.82) is 0 Å². The third-order valence-electron chi connectivity index (χ3n) is 5.94. The zero-order chi connectivity index (χ0) is 21.1. The molecule has 1 aliphatic heterocycles. The van der Waals surface area contributed by atoms with E-state index in [1.165, 1.54) is 25.3 Å². The minimum Gasteiger partial charge on any atom is -0.496 e. The lowest BCUT2D eigenvalue weighted by Gasteiger charge is -2.31. The highest BCUT2D eigenvalue weighted by Crippen LogP contribution is 2.44. The van der Waals surface area contributed by atoms with Crippen LogP contribution in [0.15, 0.2) is 36.4 Å². The zero-order valence-corrected chi connectivity index (χ0v) is 16.8. The monoisotopic (exact) mass is 412 g/mol. The van der Waals surface area contributed by atoms with Crippen LogP contribution in [0.4, 0.5) is 5.69 Å². The van der Waals surface area contributed by atoms with Gasteiger partial charge < -0.3 is 19.5 Å². The largest absolute Gasteiger partial charge is 0.496 e. The molecule has 2 aliphatic rings. The van der Waals surface area contributed by atoms with Gasteiger partial charge in [0, 0.05) is 24.1 Å². The number of carbonyl (C=O) groups excluding carboxylic acids is 1. The smallest absolute Gasteiger partial charge is 0.270 e. The van der Waals surface area contributed by atoms with E-state index >= 15 is 0 Å². The Kier molecular flexibility index (Phi) is 5.48. The first-order valence-electron chi connectivity index (χ1n) is 10.0. The van der Waals surface area contributed by atoms with Gasteiger partial charge in [-0.2, -0.15) is 0 Å². The van der Waals surface area contributed by atoms with Crippen molar-refractivity contribution in [3.63, 3.8) is 0 Å². The second-order valence-electron chi connectivity index (χ2n) is 7.67. The lowest BCUT2D eigenvalue weighted by atomic mass is 9.78. The summed E-state index contributed by atoms with van der Waals surface area (Å²) in [6, 6.07) is 10.00. The van der Waals surface area contributed by atoms with Gasteiger partial charge in [0.05, 0.1) is 17.6 Å². The van der Waals surface area contributed by atoms with Crippen LogP contribution in [0.2, 0.25) is 0 Å². The van der Waals surface area contributed by atoms with Crippen molar-refractivity contribution in [2.45, 2.75) is 31.1 Å². The fourth-order valence-corrected chi connectivity index (χ4v) is 4.32. The molecule has 0 bridgehead atoms. The highest BCUT2D eigenvalue weighted by molar-refractivity contribution is 5.97. The van der Waals surface area contributed by atoms with Gasteiger partial charge in [-0.25, -0.2) is 0 Å². The Morgan fingerprint density at radius 1 is 1.13 bits per heavy atom. The normalized spacial score (nSPS) is 16.7. The minimum absolute atomic E-state index is 0.150. The lowest BCUT2D eigenvalue weighted by Crippen LogP contribution is -2.39. The maximum atomic E-state index is 12.9. The van der Waals surface area contributed by atoms with Crippen LogP contribution in [0, 0.1) is 10.1 Å². The van der Waals surface area contributed by atoms with Crippen LogP contribution in [0.1, 0.15) is 41.6 Å². The predicted octanol–water partition coefficient (Wildman–Crippen LogP) is 3.62. The second kappa shape index (κ2) is 8.22. The number of ether oxygens (including phenoxy) is 3. The molecule has 30 heavy (non-hydrogen) atoms. The molecule has 0 unspecified atom stereocenters. The molecule has 2 aromatic rings. The molecule has 0 spiro atoms. The molecule has 158 valence electrons. The van der Waals surface area contributed by atoms with E-state index in [2.05, 4.69) is 5.32 Å². The highest BCUT2D eigenvalue weighted by Gasteiger charge is 2.37. The highest BCUT2D eigenvalue weighted by atomic mass is 16.6. The van der Waals surface area contributed by atoms with Gasteiger partial charge in [-0.1, -0.05) is 18.9 Å². The summed E-state index contributed by atoms with van der Waals surface area (Å²) < 4.78 is 16.6. The molecule has 8 nitrogen and oxygen atoms in total. The van der Waals surface area contributed by atoms with Gasteiger partial charge in [0.15, 0.2) is 11.5 Å². The van der Waals surface area contributed by atoms with Gasteiger partial charge in [0.25, 0.3) is 11.6 Å². The summed E-state index contributed by atoms with van der Waals surface area (Å²) in [6.07, 6.45) is 4.03. The van der Waals surface area contributed by atoms with Gasteiger partial charge in [0.1, 0.15) is 19.0 Å². The average Bonchev–Trinajstić information content (AvgIpc) is 3.26. The van der Waals surface area contributed by atoms with Crippen molar-refractivity contribution in [2.24, 2.45) is 0 Å². The minimum atomic E-state index is -0.524. The van der Waals surface area contributed by atoms with Crippen molar-refractivity contribution in [2.75, 3.05) is 26.9 Å². The summed E-state index contributed by atoms with van der Waals surface area (Å²) in [4.78, 5) is 23.5. The standard InChI is InChI=1S/C22H24N2O6/c1-28-18-7-5-16(24(26)27)13-17(18)21(25)23-14-22(8-2-3-9-22)15-4-6-19-20(12-15)30-11-10-29-19/h4-7,12-13H,2-3,8-11,14H2,1H3,(H,23,25). The van der Waals surface area contributed by atoms with Gasteiger partial charge in [0.2, 0.25) is 0 Å². The van der Waals surface area contributed by atoms with Gasteiger partial charge in [-0.05, 0) is 36.6 Å². The third kappa shape index (κ3) is 3.77. The summed E-state index contributed by atoms with van der Waals surface area (Å²) in [5.74, 6) is 1.39. The van der Waals surface area contributed by atoms with Crippen molar-refractivity contribution < 1.29 is 23.9 Å². The number of non-ortho nitro benzene ring substituents is 1. The van der Waals surface area contributed by atoms with Gasteiger partial charge in [-0.3, -0.25) is 14.9 Å². The van der Waals surface area contributed by atoms with Gasteiger partial charge >= 0.3 is 0 Å². The predicted molar refractivity (Wildman–Crippen MR) is 110 cm³/mol. The van der Waals surface area contributed by atoms with Crippen molar-refractivity contribution in [3.8, 4) is 17.2 Å². The summed E-state index contributed by atoms with van der Waals surface area (Å²) in [6.45, 7) is 1.49. The van der Waals surface area contributed by atoms with Crippen LogP contribution in [0.25, 0.3) is 0 Å². The van der Waals surface area contributed by atoms with E-state index in [0.29, 0.717) is 25.5 Å². The maximum Gasteiger partial charge on any atom is 0.270 e. The molecule has 1 amide bonds. The number of rotatable bonds is 6. The maximum absolute atomic E-state index is 12.9. The van der Waals surface area contributed by atoms with Crippen LogP contribution in [0.5, 0.6) is 17.2 Å². The Balaban J connectivity index is 1.57. The third-order valence-corrected chi connectivity index (χ3v) is 5.94. The average molecular weight is 412 g/mol. The number of hydrogen-bond donors (Lipinski definition) is 1. The molecule has 0 aromatic heterocycles. The number of nitrogens with zero attached hydrogens (tertiary/aromatic N) is 1. The Morgan fingerprint density at radius 3 is 2.57 bits per heavy atom. The van der Waals surface area contributed by atoms with E-state index in [4.69, 9.17) is 14.2 Å². The van der Waals surface area contributed by atoms with Crippen LogP contribution in [-0.4, -0.2) is 37.7 Å². The molecular weight excluding hydrogens is 388 g/mol. The quantitative estimate of drug-likeness (QED) is 0.575. The topological polar surface area (TPSA) is 99.9 Å². The number of nitro groups is 1. The Labute approximate surface area is 174 Å². The number of fused-ring (bicyclic) bond motifs is 1. The van der Waals surface area contributed by atoms with E-state index in [-0.39, 0.29) is 22.6 Å². The lowest BCUT2D eigenvalue weighted by molar-refractivity contribution is -0.384. The number of benzene rings is 2. The number of nitro benzene ring substituents is 1. The first kappa shape index (κ1) is 20.0. The summed E-state index contributed by atoms with van der Waals surface area (Å²) >= 11 is 0. The van der Waals surface area contributed by atoms with Crippen LogP contribution < -0.4 is 19.5 Å². The number of hydrogen-bond acceptors (Lipinski definition) is 6. The number of methoxy groups -OCH3 is 1. The van der Waals surface area contributed by atoms with Crippen molar-refractivity contribution >= 4 is 11.6 Å². The molecule has 1 heterocycles. The molecule has 0 radical (unpaired) electrons. The Bertz CT molecular complexity index is 968. The van der Waals surface area contributed by atoms with E-state index in [1.54, 1.807) is 0 Å². The van der Waals surface area contributed by atoms with E-state index in [1.807, 2.05) is 18.2 Å². The Morgan fingerprint density at radius 2 is 1.87 bits per heavy atom. The fourth-order valence-electron chi connectivity index (χ4n) is 4.32. The molecular formula is C22H24N2O6. The molecule has 4 rings (SSSR count). The molecule has 1 saturated carbocycles. The summed E-state index contributed by atoms with van der Waals surface area (Å²) in [5.41, 5.74) is 0.903. The van der Waals surface area contributed by atoms with Crippen molar-refractivity contribution in [1.82, 2.24) is 5.32 Å². The van der Waals surface area contributed by atoms with E-state index in [9.17, 15) is 14.9 Å². The zero-order valence-electron chi connectivity index (χ0n) is 16.8. The Hall–Kier alpha value is -3.29. The van der Waals surface area contributed by atoms with Crippen LogP contribution in [-0.2, 0) is 5.41 Å². The van der Waals surface area contributed by atoms with E-state index in [0.717, 1.165) is 42.7 Å². The van der Waals surface area contributed by atoms with Crippen LogP contribution in [0.3, 0.4) is 0 Å². The van der Waals surface area contributed by atoms with E-state index < -0.39 is 4.92 Å². The fraction of sp³-hybridized carbons (Fsp3) is 0.409. The van der Waals surface area contributed by atoms with Gasteiger partial charge in [-0.15, -0.1) is 0 Å². The molecule has 1 fully saturated rings. The number of carbonyl (C=O) groups is 1. The SMILES string of the molecule is COc1ccc([N+](=O)[O-])cc1C(=O)NCC1(c2ccc3c(c2)OCCO3)CCCC1. The molecule has 8 heteroatoms. The molecule has 1 N–H and O–H groups in total. The molecule has 2 aromatic carbocycles.